The number of carbonyl (C=O) groups excluding carboxylic acids is 2. The number of carbonyl (C=O) groups is 2. The van der Waals surface area contributed by atoms with E-state index in [2.05, 4.69) is 10.6 Å². The largest absolute Gasteiger partial charge is 0.494 e. The van der Waals surface area contributed by atoms with Gasteiger partial charge in [0.25, 0.3) is 5.91 Å². The fraction of sp³-hybridized carbons (Fsp3) is 0.556. The van der Waals surface area contributed by atoms with E-state index in [0.717, 1.165) is 31.4 Å². The molecule has 1 aliphatic carbocycles. The summed E-state index contributed by atoms with van der Waals surface area (Å²) in [5.41, 5.74) is 0.590. The van der Waals surface area contributed by atoms with Gasteiger partial charge in [0.1, 0.15) is 5.75 Å². The van der Waals surface area contributed by atoms with E-state index in [1.165, 1.54) is 6.42 Å². The molecule has 0 aliphatic heterocycles. The molecule has 2 N–H and O–H groups in total. The van der Waals surface area contributed by atoms with Gasteiger partial charge in [-0.05, 0) is 44.0 Å². The van der Waals surface area contributed by atoms with Gasteiger partial charge in [0.2, 0.25) is 5.91 Å². The number of ether oxygens (including phenoxy) is 1. The Morgan fingerprint density at radius 2 is 1.70 bits per heavy atom. The van der Waals surface area contributed by atoms with Crippen LogP contribution in [-0.2, 0) is 4.79 Å². The highest BCUT2D eigenvalue weighted by molar-refractivity contribution is 5.94. The molecule has 126 valence electrons. The lowest BCUT2D eigenvalue weighted by Crippen LogP contribution is -2.38. The van der Waals surface area contributed by atoms with E-state index in [1.807, 2.05) is 6.92 Å². The van der Waals surface area contributed by atoms with Crippen molar-refractivity contribution in [2.45, 2.75) is 39.0 Å². The number of amides is 2. The number of rotatable bonds is 7. The zero-order valence-corrected chi connectivity index (χ0v) is 13.8. The SMILES string of the molecule is CCOc1ccc(C(=O)NCCNC(=O)C2CCCCC2)cc1. The molecule has 1 aliphatic rings. The summed E-state index contributed by atoms with van der Waals surface area (Å²) in [6, 6.07) is 7.04. The summed E-state index contributed by atoms with van der Waals surface area (Å²) in [5, 5.41) is 5.73. The predicted octanol–water partition coefficient (Wildman–Crippen LogP) is 2.51. The van der Waals surface area contributed by atoms with E-state index in [4.69, 9.17) is 4.74 Å². The Hall–Kier alpha value is -2.04. The highest BCUT2D eigenvalue weighted by atomic mass is 16.5. The van der Waals surface area contributed by atoms with Gasteiger partial charge in [-0.2, -0.15) is 0 Å². The van der Waals surface area contributed by atoms with Crippen LogP contribution in [0.25, 0.3) is 0 Å². The van der Waals surface area contributed by atoms with E-state index >= 15 is 0 Å². The molecule has 5 heteroatoms. The van der Waals surface area contributed by atoms with Gasteiger partial charge in [-0.15, -0.1) is 0 Å². The molecular weight excluding hydrogens is 292 g/mol. The van der Waals surface area contributed by atoms with Crippen molar-refractivity contribution in [1.29, 1.82) is 0 Å². The minimum Gasteiger partial charge on any atom is -0.494 e. The van der Waals surface area contributed by atoms with E-state index in [9.17, 15) is 9.59 Å². The summed E-state index contributed by atoms with van der Waals surface area (Å²) in [4.78, 5) is 24.0. The minimum atomic E-state index is -0.139. The Bertz CT molecular complexity index is 508. The molecule has 0 saturated heterocycles. The van der Waals surface area contributed by atoms with Gasteiger partial charge in [0.05, 0.1) is 6.61 Å². The molecule has 0 aromatic heterocycles. The van der Waals surface area contributed by atoms with Crippen LogP contribution in [0.3, 0.4) is 0 Å². The highest BCUT2D eigenvalue weighted by Gasteiger charge is 2.20. The van der Waals surface area contributed by atoms with E-state index in [-0.39, 0.29) is 17.7 Å². The van der Waals surface area contributed by atoms with Crippen LogP contribution in [0.4, 0.5) is 0 Å². The standard InChI is InChI=1S/C18H26N2O3/c1-2-23-16-10-8-15(9-11-16)18(22)20-13-12-19-17(21)14-6-4-3-5-7-14/h8-11,14H,2-7,12-13H2,1H3,(H,19,21)(H,20,22). The minimum absolute atomic E-state index is 0.125. The van der Waals surface area contributed by atoms with Crippen LogP contribution in [0.2, 0.25) is 0 Å². The maximum absolute atomic E-state index is 12.0. The van der Waals surface area contributed by atoms with Crippen LogP contribution in [0.5, 0.6) is 5.75 Å². The first-order valence-corrected chi connectivity index (χ1v) is 8.49. The number of nitrogens with one attached hydrogen (secondary N) is 2. The van der Waals surface area contributed by atoms with Crippen LogP contribution in [0.1, 0.15) is 49.4 Å². The second kappa shape index (κ2) is 9.18. The normalized spacial score (nSPS) is 15.0. The van der Waals surface area contributed by atoms with Gasteiger partial charge in [-0.1, -0.05) is 19.3 Å². The Kier molecular flexibility index (Phi) is 6.91. The third kappa shape index (κ3) is 5.58. The zero-order chi connectivity index (χ0) is 16.5. The van der Waals surface area contributed by atoms with Gasteiger partial charge in [-0.3, -0.25) is 9.59 Å². The summed E-state index contributed by atoms with van der Waals surface area (Å²) in [5.74, 6) is 0.898. The van der Waals surface area contributed by atoms with Gasteiger partial charge < -0.3 is 15.4 Å². The van der Waals surface area contributed by atoms with E-state index < -0.39 is 0 Å². The van der Waals surface area contributed by atoms with Crippen LogP contribution >= 0.6 is 0 Å². The molecule has 5 nitrogen and oxygen atoms in total. The van der Waals surface area contributed by atoms with E-state index in [0.29, 0.717) is 25.3 Å². The van der Waals surface area contributed by atoms with Gasteiger partial charge in [0, 0.05) is 24.6 Å². The summed E-state index contributed by atoms with van der Waals surface area (Å²) < 4.78 is 5.34. The number of hydrogen-bond acceptors (Lipinski definition) is 3. The Morgan fingerprint density at radius 3 is 2.35 bits per heavy atom. The molecule has 23 heavy (non-hydrogen) atoms. The summed E-state index contributed by atoms with van der Waals surface area (Å²) in [7, 11) is 0. The molecule has 0 unspecified atom stereocenters. The molecule has 0 spiro atoms. The van der Waals surface area contributed by atoms with Crippen LogP contribution in [0.15, 0.2) is 24.3 Å². The molecule has 1 aromatic rings. The molecular formula is C18H26N2O3. The molecule has 1 aromatic carbocycles. The lowest BCUT2D eigenvalue weighted by atomic mass is 9.89. The number of benzene rings is 1. The van der Waals surface area contributed by atoms with Crippen LogP contribution < -0.4 is 15.4 Å². The van der Waals surface area contributed by atoms with Gasteiger partial charge in [-0.25, -0.2) is 0 Å². The van der Waals surface area contributed by atoms with Crippen molar-refractivity contribution in [3.05, 3.63) is 29.8 Å². The monoisotopic (exact) mass is 318 g/mol. The maximum Gasteiger partial charge on any atom is 0.251 e. The quantitative estimate of drug-likeness (QED) is 0.759. The molecule has 2 amide bonds. The van der Waals surface area contributed by atoms with Gasteiger partial charge >= 0.3 is 0 Å². The van der Waals surface area contributed by atoms with Gasteiger partial charge in [0.15, 0.2) is 0 Å². The molecule has 0 atom stereocenters. The van der Waals surface area contributed by atoms with Crippen LogP contribution in [0, 0.1) is 5.92 Å². The van der Waals surface area contributed by atoms with Crippen molar-refractivity contribution in [3.8, 4) is 5.75 Å². The second-order valence-corrected chi connectivity index (χ2v) is 5.84. The first-order chi connectivity index (χ1) is 11.2. The maximum atomic E-state index is 12.0. The third-order valence-electron chi connectivity index (χ3n) is 4.11. The average Bonchev–Trinajstić information content (AvgIpc) is 2.60. The smallest absolute Gasteiger partial charge is 0.251 e. The van der Waals surface area contributed by atoms with Crippen molar-refractivity contribution in [2.75, 3.05) is 19.7 Å². The Morgan fingerprint density at radius 1 is 1.04 bits per heavy atom. The first kappa shape index (κ1) is 17.3. The zero-order valence-electron chi connectivity index (χ0n) is 13.8. The molecule has 1 saturated carbocycles. The predicted molar refractivity (Wildman–Crippen MR) is 89.5 cm³/mol. The van der Waals surface area contributed by atoms with Crippen molar-refractivity contribution < 1.29 is 14.3 Å². The first-order valence-electron chi connectivity index (χ1n) is 8.49. The van der Waals surface area contributed by atoms with Crippen molar-refractivity contribution in [3.63, 3.8) is 0 Å². The average molecular weight is 318 g/mol. The number of hydrogen-bond donors (Lipinski definition) is 2. The molecule has 1 fully saturated rings. The summed E-state index contributed by atoms with van der Waals surface area (Å²) in [6.45, 7) is 3.43. The second-order valence-electron chi connectivity index (χ2n) is 5.84. The molecule has 0 heterocycles. The van der Waals surface area contributed by atoms with Crippen LogP contribution in [-0.4, -0.2) is 31.5 Å². The summed E-state index contributed by atoms with van der Waals surface area (Å²) in [6.07, 6.45) is 5.51. The summed E-state index contributed by atoms with van der Waals surface area (Å²) >= 11 is 0. The Balaban J connectivity index is 1.67. The van der Waals surface area contributed by atoms with Crippen molar-refractivity contribution in [2.24, 2.45) is 5.92 Å². The molecule has 0 radical (unpaired) electrons. The topological polar surface area (TPSA) is 67.4 Å². The fourth-order valence-corrected chi connectivity index (χ4v) is 2.84. The molecule has 0 bridgehead atoms. The fourth-order valence-electron chi connectivity index (χ4n) is 2.84. The lowest BCUT2D eigenvalue weighted by Gasteiger charge is -2.20. The van der Waals surface area contributed by atoms with Crippen molar-refractivity contribution in [1.82, 2.24) is 10.6 Å². The van der Waals surface area contributed by atoms with Crippen molar-refractivity contribution >= 4 is 11.8 Å². The third-order valence-corrected chi connectivity index (χ3v) is 4.11. The Labute approximate surface area is 137 Å². The highest BCUT2D eigenvalue weighted by Crippen LogP contribution is 2.23. The lowest BCUT2D eigenvalue weighted by molar-refractivity contribution is -0.125. The van der Waals surface area contributed by atoms with E-state index in [1.54, 1.807) is 24.3 Å². The molecule has 2 rings (SSSR count).